The van der Waals surface area contributed by atoms with E-state index in [4.69, 9.17) is 0 Å². The number of carbonyl (C=O) groups is 2. The van der Waals surface area contributed by atoms with Crippen LogP contribution in [0.1, 0.15) is 50.1 Å². The molecule has 0 bridgehead atoms. The smallest absolute Gasteiger partial charge is 0.230 e. The second kappa shape index (κ2) is 8.33. The first-order valence-electron chi connectivity index (χ1n) is 8.55. The number of hydrogen-bond donors (Lipinski definition) is 2. The van der Waals surface area contributed by atoms with Crippen LogP contribution in [0, 0.1) is 0 Å². The monoisotopic (exact) mass is 345 g/mol. The molecule has 6 heteroatoms. The normalized spacial score (nSPS) is 21.8. The van der Waals surface area contributed by atoms with Gasteiger partial charge in [-0.25, -0.2) is 0 Å². The molecule has 2 N–H and O–H groups in total. The zero-order chi connectivity index (χ0) is 16.8. The lowest BCUT2D eigenvalue weighted by Crippen LogP contribution is -2.39. The van der Waals surface area contributed by atoms with E-state index in [0.29, 0.717) is 17.6 Å². The average molecular weight is 345 g/mol. The summed E-state index contributed by atoms with van der Waals surface area (Å²) in [5.74, 6) is 0.261. The SMILES string of the molecule is O=C1C[C@@H](c2ccccc2)N=C(SCC(=O)NC2CCCCC2)N1. The Balaban J connectivity index is 1.54. The van der Waals surface area contributed by atoms with Gasteiger partial charge < -0.3 is 10.6 Å². The van der Waals surface area contributed by atoms with Gasteiger partial charge in [-0.2, -0.15) is 0 Å². The summed E-state index contributed by atoms with van der Waals surface area (Å²) in [6.07, 6.45) is 6.15. The van der Waals surface area contributed by atoms with Gasteiger partial charge in [0.05, 0.1) is 18.2 Å². The topological polar surface area (TPSA) is 70.6 Å². The molecule has 1 atom stereocenters. The molecule has 0 radical (unpaired) electrons. The van der Waals surface area contributed by atoms with Gasteiger partial charge in [-0.05, 0) is 18.4 Å². The second-order valence-corrected chi connectivity index (χ2v) is 7.27. The lowest BCUT2D eigenvalue weighted by atomic mass is 9.95. The molecule has 1 aliphatic carbocycles. The van der Waals surface area contributed by atoms with E-state index in [1.807, 2.05) is 30.3 Å². The number of benzene rings is 1. The summed E-state index contributed by atoms with van der Waals surface area (Å²) in [5, 5.41) is 6.39. The van der Waals surface area contributed by atoms with Gasteiger partial charge in [0.25, 0.3) is 0 Å². The number of amides is 2. The van der Waals surface area contributed by atoms with Crippen molar-refractivity contribution in [3.63, 3.8) is 0 Å². The van der Waals surface area contributed by atoms with Gasteiger partial charge in [0.2, 0.25) is 11.8 Å². The standard InChI is InChI=1S/C18H23N3O2S/c22-16-11-15(13-7-3-1-4-8-13)20-18(21-16)24-12-17(23)19-14-9-5-2-6-10-14/h1,3-4,7-8,14-15H,2,5-6,9-12H2,(H,19,23)(H,20,21,22)/t15-/m0/s1. The second-order valence-electron chi connectivity index (χ2n) is 6.30. The Morgan fingerprint density at radius 2 is 1.96 bits per heavy atom. The van der Waals surface area contributed by atoms with Crippen molar-refractivity contribution < 1.29 is 9.59 Å². The first kappa shape index (κ1) is 17.0. The lowest BCUT2D eigenvalue weighted by Gasteiger charge is -2.23. The Morgan fingerprint density at radius 3 is 2.71 bits per heavy atom. The predicted octanol–water partition coefficient (Wildman–Crippen LogP) is 2.79. The fraction of sp³-hybridized carbons (Fsp3) is 0.500. The molecule has 24 heavy (non-hydrogen) atoms. The number of aliphatic imine (C=N–C) groups is 1. The van der Waals surface area contributed by atoms with Crippen molar-refractivity contribution in [1.29, 1.82) is 0 Å². The van der Waals surface area contributed by atoms with Crippen molar-refractivity contribution in [1.82, 2.24) is 10.6 Å². The summed E-state index contributed by atoms with van der Waals surface area (Å²) in [4.78, 5) is 28.6. The number of carbonyl (C=O) groups excluding carboxylic acids is 2. The van der Waals surface area contributed by atoms with Crippen molar-refractivity contribution >= 4 is 28.7 Å². The van der Waals surface area contributed by atoms with Crippen LogP contribution in [0.25, 0.3) is 0 Å². The van der Waals surface area contributed by atoms with E-state index in [2.05, 4.69) is 15.6 Å². The molecule has 1 fully saturated rings. The van der Waals surface area contributed by atoms with Crippen molar-refractivity contribution in [2.24, 2.45) is 4.99 Å². The van der Waals surface area contributed by atoms with E-state index in [0.717, 1.165) is 18.4 Å². The molecule has 0 saturated heterocycles. The summed E-state index contributed by atoms with van der Waals surface area (Å²) in [6.45, 7) is 0. The van der Waals surface area contributed by atoms with E-state index in [1.54, 1.807) is 0 Å². The van der Waals surface area contributed by atoms with E-state index < -0.39 is 0 Å². The number of hydrogen-bond acceptors (Lipinski definition) is 4. The first-order valence-corrected chi connectivity index (χ1v) is 9.54. The van der Waals surface area contributed by atoms with Gasteiger partial charge >= 0.3 is 0 Å². The minimum absolute atomic E-state index is 0.0192. The van der Waals surface area contributed by atoms with Crippen molar-refractivity contribution in [3.8, 4) is 0 Å². The fourth-order valence-electron chi connectivity index (χ4n) is 3.16. The van der Waals surface area contributed by atoms with Gasteiger partial charge in [-0.3, -0.25) is 14.6 Å². The Kier molecular flexibility index (Phi) is 5.91. The maximum Gasteiger partial charge on any atom is 0.230 e. The number of rotatable bonds is 4. The van der Waals surface area contributed by atoms with Crippen LogP contribution in [0.4, 0.5) is 0 Å². The molecule has 1 aromatic carbocycles. The molecule has 1 aromatic rings. The van der Waals surface area contributed by atoms with Crippen LogP contribution in [0.15, 0.2) is 35.3 Å². The molecule has 0 unspecified atom stereocenters. The van der Waals surface area contributed by atoms with Gasteiger partial charge in [-0.1, -0.05) is 61.4 Å². The quantitative estimate of drug-likeness (QED) is 0.881. The Morgan fingerprint density at radius 1 is 1.21 bits per heavy atom. The third-order valence-corrected chi connectivity index (χ3v) is 5.28. The van der Waals surface area contributed by atoms with Gasteiger partial charge in [0.15, 0.2) is 5.17 Å². The van der Waals surface area contributed by atoms with E-state index >= 15 is 0 Å². The highest BCUT2D eigenvalue weighted by atomic mass is 32.2. The maximum absolute atomic E-state index is 12.1. The number of thioether (sulfide) groups is 1. The van der Waals surface area contributed by atoms with Crippen LogP contribution in [-0.2, 0) is 9.59 Å². The molecular weight excluding hydrogens is 322 g/mol. The molecule has 1 saturated carbocycles. The van der Waals surface area contributed by atoms with Gasteiger partial charge in [-0.15, -0.1) is 0 Å². The van der Waals surface area contributed by atoms with Crippen LogP contribution in [0.3, 0.4) is 0 Å². The van der Waals surface area contributed by atoms with Crippen molar-refractivity contribution in [3.05, 3.63) is 35.9 Å². The van der Waals surface area contributed by atoms with Gasteiger partial charge in [0.1, 0.15) is 0 Å². The Labute approximate surface area is 146 Å². The van der Waals surface area contributed by atoms with Crippen molar-refractivity contribution in [2.45, 2.75) is 50.6 Å². The Bertz CT molecular complexity index is 612. The largest absolute Gasteiger partial charge is 0.353 e. The zero-order valence-corrected chi connectivity index (χ0v) is 14.5. The molecule has 2 amide bonds. The third kappa shape index (κ3) is 4.84. The van der Waals surface area contributed by atoms with Gasteiger partial charge in [0, 0.05) is 6.04 Å². The minimum atomic E-state index is -0.163. The fourth-order valence-corrected chi connectivity index (χ4v) is 3.90. The van der Waals surface area contributed by atoms with Crippen molar-refractivity contribution in [2.75, 3.05) is 5.75 Å². The van der Waals surface area contributed by atoms with Crippen LogP contribution in [0.2, 0.25) is 0 Å². The number of amidine groups is 1. The highest BCUT2D eigenvalue weighted by Crippen LogP contribution is 2.25. The first-order chi connectivity index (χ1) is 11.7. The highest BCUT2D eigenvalue weighted by molar-refractivity contribution is 8.14. The average Bonchev–Trinajstić information content (AvgIpc) is 2.61. The van der Waals surface area contributed by atoms with E-state index in [-0.39, 0.29) is 23.6 Å². The Hall–Kier alpha value is -1.82. The summed E-state index contributed by atoms with van der Waals surface area (Å²) in [5.41, 5.74) is 1.03. The third-order valence-electron chi connectivity index (χ3n) is 4.39. The highest BCUT2D eigenvalue weighted by Gasteiger charge is 2.23. The van der Waals surface area contributed by atoms with E-state index in [1.165, 1.54) is 31.0 Å². The molecule has 5 nitrogen and oxygen atoms in total. The number of nitrogens with zero attached hydrogens (tertiary/aromatic N) is 1. The summed E-state index contributed by atoms with van der Waals surface area (Å²) in [6, 6.07) is 9.94. The van der Waals surface area contributed by atoms with Crippen LogP contribution >= 0.6 is 11.8 Å². The molecule has 0 aromatic heterocycles. The molecule has 1 aliphatic heterocycles. The summed E-state index contributed by atoms with van der Waals surface area (Å²) in [7, 11) is 0. The van der Waals surface area contributed by atoms with Crippen LogP contribution < -0.4 is 10.6 Å². The molecular formula is C18H23N3O2S. The number of nitrogens with one attached hydrogen (secondary N) is 2. The molecule has 1 heterocycles. The zero-order valence-electron chi connectivity index (χ0n) is 13.7. The summed E-state index contributed by atoms with van der Waals surface area (Å²) < 4.78 is 0. The lowest BCUT2D eigenvalue weighted by molar-refractivity contribution is -0.121. The van der Waals surface area contributed by atoms with Crippen LogP contribution in [-0.4, -0.2) is 28.8 Å². The summed E-state index contributed by atoms with van der Waals surface area (Å²) >= 11 is 1.30. The van der Waals surface area contributed by atoms with Crippen LogP contribution in [0.5, 0.6) is 0 Å². The molecule has 3 rings (SSSR count). The molecule has 2 aliphatic rings. The minimum Gasteiger partial charge on any atom is -0.353 e. The predicted molar refractivity (Wildman–Crippen MR) is 96.9 cm³/mol. The maximum atomic E-state index is 12.1. The molecule has 128 valence electrons. The van der Waals surface area contributed by atoms with E-state index in [9.17, 15) is 9.59 Å². The molecule has 0 spiro atoms.